The van der Waals surface area contributed by atoms with Crippen molar-refractivity contribution in [1.29, 1.82) is 0 Å². The summed E-state index contributed by atoms with van der Waals surface area (Å²) in [4.78, 5) is 2.30. The van der Waals surface area contributed by atoms with Crippen LogP contribution in [0.2, 0.25) is 5.02 Å². The fourth-order valence-corrected chi connectivity index (χ4v) is 4.71. The Balaban J connectivity index is 1.58. The highest BCUT2D eigenvalue weighted by Gasteiger charge is 2.37. The van der Waals surface area contributed by atoms with E-state index in [4.69, 9.17) is 11.6 Å². The second-order valence-electron chi connectivity index (χ2n) is 6.07. The molecule has 1 atom stereocenters. The Morgan fingerprint density at radius 3 is 2.81 bits per heavy atom. The van der Waals surface area contributed by atoms with Gasteiger partial charge in [0, 0.05) is 24.2 Å². The van der Waals surface area contributed by atoms with Gasteiger partial charge in [-0.1, -0.05) is 23.7 Å². The molecule has 2 aliphatic rings. The number of nitrogens with zero attached hydrogens (tertiary/aromatic N) is 1. The van der Waals surface area contributed by atoms with Gasteiger partial charge in [0.2, 0.25) is 10.0 Å². The third kappa shape index (κ3) is 4.19. The molecule has 1 aliphatic heterocycles. The van der Waals surface area contributed by atoms with Gasteiger partial charge in [-0.2, -0.15) is 0 Å². The summed E-state index contributed by atoms with van der Waals surface area (Å²) in [5.74, 6) is 0. The topological polar surface area (TPSA) is 49.4 Å². The Bertz CT molecular complexity index is 601. The number of hydrogen-bond donors (Lipinski definition) is 1. The van der Waals surface area contributed by atoms with E-state index in [1.54, 1.807) is 0 Å². The number of rotatable bonds is 5. The molecule has 4 nitrogen and oxygen atoms in total. The molecule has 0 aromatic heterocycles. The van der Waals surface area contributed by atoms with Gasteiger partial charge in [-0.05, 0) is 49.9 Å². The molecule has 0 amide bonds. The summed E-state index contributed by atoms with van der Waals surface area (Å²) in [6.45, 7) is 2.61. The number of sulfonamides is 1. The lowest BCUT2D eigenvalue weighted by Crippen LogP contribution is -2.48. The molecule has 1 heterocycles. The van der Waals surface area contributed by atoms with Crippen LogP contribution in [0, 0.1) is 0 Å². The van der Waals surface area contributed by atoms with E-state index in [-0.39, 0.29) is 11.3 Å². The van der Waals surface area contributed by atoms with Crippen LogP contribution in [0.3, 0.4) is 0 Å². The minimum absolute atomic E-state index is 0.0449. The summed E-state index contributed by atoms with van der Waals surface area (Å²) in [7, 11) is -3.09. The van der Waals surface area contributed by atoms with Gasteiger partial charge in [0.05, 0.1) is 5.25 Å². The summed E-state index contributed by atoms with van der Waals surface area (Å²) in [6, 6.07) is 7.90. The zero-order valence-electron chi connectivity index (χ0n) is 12.0. The van der Waals surface area contributed by atoms with Gasteiger partial charge < -0.3 is 0 Å². The third-order valence-corrected chi connectivity index (χ3v) is 6.34. The van der Waals surface area contributed by atoms with Crippen molar-refractivity contribution < 1.29 is 8.42 Å². The van der Waals surface area contributed by atoms with E-state index in [0.717, 1.165) is 50.3 Å². The Labute approximate surface area is 131 Å². The maximum atomic E-state index is 12.0. The first-order valence-corrected chi connectivity index (χ1v) is 9.43. The van der Waals surface area contributed by atoms with Crippen molar-refractivity contribution in [3.63, 3.8) is 0 Å². The summed E-state index contributed by atoms with van der Waals surface area (Å²) in [5.41, 5.74) is 1.17. The van der Waals surface area contributed by atoms with Crippen molar-refractivity contribution in [2.45, 2.75) is 43.5 Å². The van der Waals surface area contributed by atoms with Crippen molar-refractivity contribution in [2.24, 2.45) is 0 Å². The molecule has 2 fully saturated rings. The maximum absolute atomic E-state index is 12.0. The largest absolute Gasteiger partial charge is 0.298 e. The fraction of sp³-hybridized carbons (Fsp3) is 0.600. The summed E-state index contributed by atoms with van der Waals surface area (Å²) >= 11 is 6.01. The first kappa shape index (κ1) is 15.3. The van der Waals surface area contributed by atoms with Crippen LogP contribution in [0.25, 0.3) is 0 Å². The Morgan fingerprint density at radius 1 is 1.29 bits per heavy atom. The van der Waals surface area contributed by atoms with E-state index < -0.39 is 10.0 Å². The van der Waals surface area contributed by atoms with E-state index in [1.165, 1.54) is 5.56 Å². The molecule has 21 heavy (non-hydrogen) atoms. The average Bonchev–Trinajstić information content (AvgIpc) is 3.23. The second-order valence-corrected chi connectivity index (χ2v) is 8.50. The molecule has 116 valence electrons. The van der Waals surface area contributed by atoms with Gasteiger partial charge in [-0.25, -0.2) is 13.1 Å². The van der Waals surface area contributed by atoms with Crippen LogP contribution in [0.15, 0.2) is 24.3 Å². The van der Waals surface area contributed by atoms with Crippen LogP contribution >= 0.6 is 11.6 Å². The smallest absolute Gasteiger partial charge is 0.214 e. The quantitative estimate of drug-likeness (QED) is 0.903. The number of benzene rings is 1. The lowest BCUT2D eigenvalue weighted by molar-refractivity contribution is 0.194. The van der Waals surface area contributed by atoms with Gasteiger partial charge in [-0.15, -0.1) is 0 Å². The van der Waals surface area contributed by atoms with Gasteiger partial charge in [-0.3, -0.25) is 4.90 Å². The van der Waals surface area contributed by atoms with Gasteiger partial charge >= 0.3 is 0 Å². The Kier molecular flexibility index (Phi) is 4.54. The predicted molar refractivity (Wildman–Crippen MR) is 84.8 cm³/mol. The molecule has 1 saturated heterocycles. The van der Waals surface area contributed by atoms with E-state index >= 15 is 0 Å². The number of halogens is 1. The monoisotopic (exact) mass is 328 g/mol. The molecule has 1 unspecified atom stereocenters. The molecule has 6 heteroatoms. The number of hydrogen-bond acceptors (Lipinski definition) is 3. The normalized spacial score (nSPS) is 24.1. The van der Waals surface area contributed by atoms with Crippen molar-refractivity contribution >= 4 is 21.6 Å². The SMILES string of the molecule is O=S(=O)(NC1CCCN(Cc2cccc(Cl)c2)C1)C1CC1. The van der Waals surface area contributed by atoms with Crippen LogP contribution in [0.4, 0.5) is 0 Å². The third-order valence-electron chi connectivity index (χ3n) is 4.09. The fourth-order valence-electron chi connectivity index (χ4n) is 2.90. The highest BCUT2D eigenvalue weighted by molar-refractivity contribution is 7.90. The first-order chi connectivity index (χ1) is 10.0. The molecule has 1 aliphatic carbocycles. The summed E-state index contributed by atoms with van der Waals surface area (Å²) in [5, 5.41) is 0.608. The number of nitrogens with one attached hydrogen (secondary N) is 1. The molecular formula is C15H21ClN2O2S. The first-order valence-electron chi connectivity index (χ1n) is 7.51. The molecule has 1 saturated carbocycles. The van der Waals surface area contributed by atoms with E-state index in [9.17, 15) is 8.42 Å². The van der Waals surface area contributed by atoms with Gasteiger partial charge in [0.25, 0.3) is 0 Å². The van der Waals surface area contributed by atoms with Crippen molar-refractivity contribution in [3.05, 3.63) is 34.9 Å². The summed E-state index contributed by atoms with van der Waals surface area (Å²) < 4.78 is 26.9. The summed E-state index contributed by atoms with van der Waals surface area (Å²) in [6.07, 6.45) is 3.58. The lowest BCUT2D eigenvalue weighted by Gasteiger charge is -2.33. The van der Waals surface area contributed by atoms with E-state index in [1.807, 2.05) is 18.2 Å². The Morgan fingerprint density at radius 2 is 2.10 bits per heavy atom. The minimum atomic E-state index is -3.09. The zero-order valence-corrected chi connectivity index (χ0v) is 13.5. The lowest BCUT2D eigenvalue weighted by atomic mass is 10.1. The highest BCUT2D eigenvalue weighted by Crippen LogP contribution is 2.28. The zero-order chi connectivity index (χ0) is 14.9. The van der Waals surface area contributed by atoms with Crippen molar-refractivity contribution in [3.8, 4) is 0 Å². The standard InChI is InChI=1S/C15H21ClN2O2S/c16-13-4-1-3-12(9-13)10-18-8-2-5-14(11-18)17-21(19,20)15-6-7-15/h1,3-4,9,14-15,17H,2,5-8,10-11H2. The molecule has 1 N–H and O–H groups in total. The molecular weight excluding hydrogens is 308 g/mol. The minimum Gasteiger partial charge on any atom is -0.298 e. The molecule has 1 aromatic carbocycles. The molecule has 1 aromatic rings. The molecule has 3 rings (SSSR count). The molecule has 0 bridgehead atoms. The van der Waals surface area contributed by atoms with E-state index in [2.05, 4.69) is 15.7 Å². The molecule has 0 spiro atoms. The van der Waals surface area contributed by atoms with Crippen LogP contribution in [-0.4, -0.2) is 37.7 Å². The average molecular weight is 329 g/mol. The number of piperidine rings is 1. The van der Waals surface area contributed by atoms with Crippen LogP contribution in [0.5, 0.6) is 0 Å². The van der Waals surface area contributed by atoms with Crippen molar-refractivity contribution in [1.82, 2.24) is 9.62 Å². The van der Waals surface area contributed by atoms with Crippen LogP contribution < -0.4 is 4.72 Å². The predicted octanol–water partition coefficient (Wildman–Crippen LogP) is 2.39. The van der Waals surface area contributed by atoms with Crippen LogP contribution in [-0.2, 0) is 16.6 Å². The van der Waals surface area contributed by atoms with Gasteiger partial charge in [0.15, 0.2) is 0 Å². The Hall–Kier alpha value is -0.620. The van der Waals surface area contributed by atoms with Gasteiger partial charge in [0.1, 0.15) is 0 Å². The number of likely N-dealkylation sites (tertiary alicyclic amines) is 1. The second kappa shape index (κ2) is 6.24. The van der Waals surface area contributed by atoms with Crippen molar-refractivity contribution in [2.75, 3.05) is 13.1 Å². The maximum Gasteiger partial charge on any atom is 0.214 e. The van der Waals surface area contributed by atoms with Crippen LogP contribution in [0.1, 0.15) is 31.2 Å². The highest BCUT2D eigenvalue weighted by atomic mass is 35.5. The van der Waals surface area contributed by atoms with E-state index in [0.29, 0.717) is 0 Å². The molecule has 0 radical (unpaired) electrons.